The summed E-state index contributed by atoms with van der Waals surface area (Å²) in [5.74, 6) is 0.585. The number of thioether (sulfide) groups is 1. The number of amides is 2. The molecule has 8 nitrogen and oxygen atoms in total. The van der Waals surface area contributed by atoms with E-state index in [9.17, 15) is 14.4 Å². The number of rotatable bonds is 7. The molecule has 0 saturated carbocycles. The Morgan fingerprint density at radius 1 is 1.11 bits per heavy atom. The molecule has 2 fully saturated rings. The molecule has 3 aromatic rings. The van der Waals surface area contributed by atoms with Crippen LogP contribution in [0.15, 0.2) is 53.5 Å². The van der Waals surface area contributed by atoms with Crippen molar-refractivity contribution in [2.45, 2.75) is 56.2 Å². The van der Waals surface area contributed by atoms with Crippen molar-refractivity contribution in [3.05, 3.63) is 64.7 Å². The number of likely N-dealkylation sites (tertiary alicyclic amines) is 1. The first kappa shape index (κ1) is 24.6. The average Bonchev–Trinajstić information content (AvgIpc) is 3.38. The van der Waals surface area contributed by atoms with E-state index in [-0.39, 0.29) is 40.6 Å². The fourth-order valence-electron chi connectivity index (χ4n) is 5.21. The van der Waals surface area contributed by atoms with Crippen LogP contribution in [0.2, 0.25) is 0 Å². The van der Waals surface area contributed by atoms with Gasteiger partial charge in [0, 0.05) is 38.3 Å². The molecular weight excluding hydrogens is 474 g/mol. The number of pyridine rings is 1. The molecule has 190 valence electrons. The van der Waals surface area contributed by atoms with Crippen molar-refractivity contribution in [3.8, 4) is 0 Å². The summed E-state index contributed by atoms with van der Waals surface area (Å²) in [7, 11) is 0. The number of hydrogen-bond donors (Lipinski definition) is 1. The molecule has 5 rings (SSSR count). The Hall–Kier alpha value is -3.07. The van der Waals surface area contributed by atoms with Crippen LogP contribution in [0, 0.1) is 5.92 Å². The zero-order valence-electron chi connectivity index (χ0n) is 20.8. The first-order valence-corrected chi connectivity index (χ1v) is 13.7. The monoisotopic (exact) mass is 507 g/mol. The predicted molar refractivity (Wildman–Crippen MR) is 142 cm³/mol. The number of aromatic nitrogens is 3. The van der Waals surface area contributed by atoms with Crippen LogP contribution in [-0.4, -0.2) is 61.0 Å². The fourth-order valence-corrected chi connectivity index (χ4v) is 6.68. The second-order valence-corrected chi connectivity index (χ2v) is 11.4. The van der Waals surface area contributed by atoms with Crippen molar-refractivity contribution in [2.24, 2.45) is 5.92 Å². The van der Waals surface area contributed by atoms with Crippen LogP contribution in [0.25, 0.3) is 11.2 Å². The number of carbonyl (C=O) groups is 2. The Morgan fingerprint density at radius 3 is 2.58 bits per heavy atom. The first-order chi connectivity index (χ1) is 17.4. The van der Waals surface area contributed by atoms with Gasteiger partial charge in [-0.15, -0.1) is 11.8 Å². The molecule has 2 unspecified atom stereocenters. The molecule has 2 amide bonds. The minimum Gasteiger partial charge on any atom is -0.342 e. The lowest BCUT2D eigenvalue weighted by molar-refractivity contribution is -0.136. The fraction of sp³-hybridized carbons (Fsp3) is 0.481. The van der Waals surface area contributed by atoms with Crippen molar-refractivity contribution < 1.29 is 9.59 Å². The van der Waals surface area contributed by atoms with Crippen molar-refractivity contribution in [1.82, 2.24) is 24.3 Å². The highest BCUT2D eigenvalue weighted by Gasteiger charge is 2.42. The number of benzene rings is 1. The van der Waals surface area contributed by atoms with Crippen LogP contribution in [0.5, 0.6) is 0 Å². The van der Waals surface area contributed by atoms with E-state index in [1.54, 1.807) is 22.5 Å². The van der Waals surface area contributed by atoms with E-state index in [0.717, 1.165) is 17.5 Å². The number of H-pyrrole nitrogens is 1. The van der Waals surface area contributed by atoms with E-state index < -0.39 is 0 Å². The zero-order chi connectivity index (χ0) is 25.2. The van der Waals surface area contributed by atoms with Crippen molar-refractivity contribution >= 4 is 34.7 Å². The van der Waals surface area contributed by atoms with Gasteiger partial charge in [0.1, 0.15) is 5.37 Å². The van der Waals surface area contributed by atoms with Crippen LogP contribution in [0.1, 0.15) is 56.5 Å². The molecule has 0 aliphatic carbocycles. The summed E-state index contributed by atoms with van der Waals surface area (Å²) in [6.07, 6.45) is 4.22. The summed E-state index contributed by atoms with van der Waals surface area (Å²) in [6.45, 7) is 6.18. The van der Waals surface area contributed by atoms with Gasteiger partial charge in [0.25, 0.3) is 0 Å². The standard InChI is InChI=1S/C27H33N5O3S/c1-18(2)10-16-31-25(34)22(36-26(31)19-7-4-3-5-8-19)17-23(33)30-14-11-20(12-15-30)32-21-9-6-13-28-24(21)29-27(32)35/h3-9,13,18,20,22,26H,10-12,14-17H2,1-2H3,(H,28,29,35). The highest BCUT2D eigenvalue weighted by Crippen LogP contribution is 2.44. The summed E-state index contributed by atoms with van der Waals surface area (Å²) < 4.78 is 1.78. The van der Waals surface area contributed by atoms with Crippen molar-refractivity contribution in [3.63, 3.8) is 0 Å². The minimum absolute atomic E-state index is 0.0183. The predicted octanol–water partition coefficient (Wildman–Crippen LogP) is 3.97. The van der Waals surface area contributed by atoms with E-state index in [1.165, 1.54) is 0 Å². The van der Waals surface area contributed by atoms with Crippen LogP contribution in [0.3, 0.4) is 0 Å². The Bertz CT molecular complexity index is 1280. The third-order valence-corrected chi connectivity index (χ3v) is 8.68. The Morgan fingerprint density at radius 2 is 1.86 bits per heavy atom. The van der Waals surface area contributed by atoms with Crippen LogP contribution in [-0.2, 0) is 9.59 Å². The van der Waals surface area contributed by atoms with Crippen LogP contribution in [0.4, 0.5) is 0 Å². The summed E-state index contributed by atoms with van der Waals surface area (Å²) in [5.41, 5.74) is 2.34. The molecule has 0 radical (unpaired) electrons. The van der Waals surface area contributed by atoms with Gasteiger partial charge in [-0.05, 0) is 42.9 Å². The number of nitrogens with zero attached hydrogens (tertiary/aromatic N) is 4. The maximum atomic E-state index is 13.4. The number of aromatic amines is 1. The van der Waals surface area contributed by atoms with Crippen LogP contribution >= 0.6 is 11.8 Å². The highest BCUT2D eigenvalue weighted by atomic mass is 32.2. The molecule has 0 spiro atoms. The van der Waals surface area contributed by atoms with E-state index in [1.807, 2.05) is 40.1 Å². The summed E-state index contributed by atoms with van der Waals surface area (Å²) >= 11 is 1.60. The van der Waals surface area contributed by atoms with Gasteiger partial charge in [-0.2, -0.15) is 0 Å². The minimum atomic E-state index is -0.366. The number of fused-ring (bicyclic) bond motifs is 1. The number of hydrogen-bond acceptors (Lipinski definition) is 5. The summed E-state index contributed by atoms with van der Waals surface area (Å²) in [5, 5.41) is -0.418. The molecule has 36 heavy (non-hydrogen) atoms. The Balaban J connectivity index is 1.23. The lowest BCUT2D eigenvalue weighted by Crippen LogP contribution is -2.42. The topological polar surface area (TPSA) is 91.3 Å². The number of imidazole rings is 1. The van der Waals surface area contributed by atoms with Crippen molar-refractivity contribution in [2.75, 3.05) is 19.6 Å². The molecule has 2 aromatic heterocycles. The van der Waals surface area contributed by atoms with Gasteiger partial charge in [0.05, 0.1) is 10.8 Å². The largest absolute Gasteiger partial charge is 0.342 e. The van der Waals surface area contributed by atoms with Gasteiger partial charge >= 0.3 is 5.69 Å². The SMILES string of the molecule is CC(C)CCN1C(=O)C(CC(=O)N2CCC(n3c(=O)[nH]c4ncccc43)CC2)SC1c1ccccc1. The lowest BCUT2D eigenvalue weighted by Gasteiger charge is -2.33. The molecular formula is C27H33N5O3S. The van der Waals surface area contributed by atoms with E-state index >= 15 is 0 Å². The van der Waals surface area contributed by atoms with Gasteiger partial charge in [-0.3, -0.25) is 19.1 Å². The Kier molecular flexibility index (Phi) is 7.18. The molecule has 2 aliphatic heterocycles. The van der Waals surface area contributed by atoms with Crippen LogP contribution < -0.4 is 5.69 Å². The molecule has 9 heteroatoms. The number of carbonyl (C=O) groups excluding carboxylic acids is 2. The Labute approximate surface area is 215 Å². The first-order valence-electron chi connectivity index (χ1n) is 12.8. The van der Waals surface area contributed by atoms with Crippen molar-refractivity contribution in [1.29, 1.82) is 0 Å². The summed E-state index contributed by atoms with van der Waals surface area (Å²) in [6, 6.07) is 13.8. The molecule has 2 atom stereocenters. The molecule has 1 aromatic carbocycles. The highest BCUT2D eigenvalue weighted by molar-refractivity contribution is 8.01. The van der Waals surface area contributed by atoms with Gasteiger partial charge in [-0.25, -0.2) is 9.78 Å². The van der Waals surface area contributed by atoms with Gasteiger partial charge in [0.2, 0.25) is 11.8 Å². The van der Waals surface area contributed by atoms with Gasteiger partial charge in [0.15, 0.2) is 5.65 Å². The quantitative estimate of drug-likeness (QED) is 0.523. The molecule has 1 N–H and O–H groups in total. The number of piperidine rings is 1. The zero-order valence-corrected chi connectivity index (χ0v) is 21.6. The van der Waals surface area contributed by atoms with E-state index in [2.05, 4.69) is 35.9 Å². The normalized spacial score (nSPS) is 21.1. The van der Waals surface area contributed by atoms with E-state index in [0.29, 0.717) is 44.0 Å². The maximum Gasteiger partial charge on any atom is 0.327 e. The lowest BCUT2D eigenvalue weighted by atomic mass is 10.0. The molecule has 0 bridgehead atoms. The van der Waals surface area contributed by atoms with Gasteiger partial charge < -0.3 is 9.80 Å². The maximum absolute atomic E-state index is 13.4. The average molecular weight is 508 g/mol. The smallest absolute Gasteiger partial charge is 0.327 e. The number of nitrogens with one attached hydrogen (secondary N) is 1. The molecule has 4 heterocycles. The third-order valence-electron chi connectivity index (χ3n) is 7.20. The molecule has 2 aliphatic rings. The third kappa shape index (κ3) is 4.93. The van der Waals surface area contributed by atoms with Gasteiger partial charge in [-0.1, -0.05) is 44.2 Å². The summed E-state index contributed by atoms with van der Waals surface area (Å²) in [4.78, 5) is 50.0. The van der Waals surface area contributed by atoms with E-state index in [4.69, 9.17) is 0 Å². The second kappa shape index (κ2) is 10.5. The molecule has 2 saturated heterocycles. The second-order valence-electron chi connectivity index (χ2n) is 10.1.